The molecule has 0 radical (unpaired) electrons. The molecule has 1 saturated heterocycles. The average molecular weight is 290 g/mol. The largest absolute Gasteiger partial charge is 0.508 e. The molecule has 0 amide bonds. The maximum Gasteiger partial charge on any atom is 0.508 e. The van der Waals surface area contributed by atoms with E-state index in [2.05, 4.69) is 16.1 Å². The average Bonchev–Trinajstić information content (AvgIpc) is 2.75. The minimum atomic E-state index is -1.26. The van der Waals surface area contributed by atoms with Gasteiger partial charge >= 0.3 is 18.3 Å². The van der Waals surface area contributed by atoms with Crippen LogP contribution in [0.15, 0.2) is 12.2 Å². The van der Waals surface area contributed by atoms with E-state index in [0.717, 1.165) is 6.42 Å². The molecule has 1 atom stereocenters. The van der Waals surface area contributed by atoms with Crippen LogP contribution in [0.4, 0.5) is 9.59 Å². The van der Waals surface area contributed by atoms with E-state index in [0.29, 0.717) is 19.4 Å². The van der Waals surface area contributed by atoms with Gasteiger partial charge in [-0.25, -0.2) is 14.4 Å². The molecule has 1 aliphatic rings. The molecule has 1 aliphatic heterocycles. The molecule has 1 heterocycles. The lowest BCUT2D eigenvalue weighted by molar-refractivity contribution is -0.132. The Balaban J connectivity index is 0.000000511. The Morgan fingerprint density at radius 1 is 1.40 bits per heavy atom. The van der Waals surface area contributed by atoms with Crippen molar-refractivity contribution < 1.29 is 38.8 Å². The Morgan fingerprint density at radius 2 is 2.00 bits per heavy atom. The lowest BCUT2D eigenvalue weighted by Gasteiger charge is -2.05. The molecule has 0 bridgehead atoms. The van der Waals surface area contributed by atoms with Crippen molar-refractivity contribution in [2.45, 2.75) is 32.3 Å². The van der Waals surface area contributed by atoms with Gasteiger partial charge in [0, 0.05) is 5.57 Å². The van der Waals surface area contributed by atoms with Crippen LogP contribution in [0.1, 0.15) is 26.2 Å². The quantitative estimate of drug-likeness (QED) is 0.433. The third kappa shape index (κ3) is 9.75. The minimum Gasteiger partial charge on any atom is -0.478 e. The number of unbranched alkanes of at least 4 members (excludes halogenated alkanes) is 1. The van der Waals surface area contributed by atoms with Gasteiger partial charge in [-0.3, -0.25) is 0 Å². The van der Waals surface area contributed by atoms with Crippen LogP contribution in [0, 0.1) is 0 Å². The number of carboxylic acids is 1. The highest BCUT2D eigenvalue weighted by Gasteiger charge is 2.23. The summed E-state index contributed by atoms with van der Waals surface area (Å²) in [7, 11) is 0. The number of rotatable bonds is 6. The summed E-state index contributed by atoms with van der Waals surface area (Å²) in [4.78, 5) is 30.0. The number of cyclic esters (lactones) is 2. The lowest BCUT2D eigenvalue weighted by Crippen LogP contribution is -2.10. The van der Waals surface area contributed by atoms with Crippen molar-refractivity contribution in [1.82, 2.24) is 0 Å². The summed E-state index contributed by atoms with van der Waals surface area (Å²) < 4.78 is 13.7. The Kier molecular flexibility index (Phi) is 8.56. The molecule has 1 unspecified atom stereocenters. The maximum atomic E-state index is 10.5. The number of carboxylic acid groups (broad SMARTS) is 2. The zero-order valence-electron chi connectivity index (χ0n) is 11.2. The summed E-state index contributed by atoms with van der Waals surface area (Å²) in [5.41, 5.74) is 0.176. The van der Waals surface area contributed by atoms with Gasteiger partial charge in [0.1, 0.15) is 12.7 Å². The summed E-state index contributed by atoms with van der Waals surface area (Å²) in [6, 6.07) is 0. The first-order valence-electron chi connectivity index (χ1n) is 5.91. The van der Waals surface area contributed by atoms with Gasteiger partial charge in [-0.15, -0.1) is 0 Å². The third-order valence-corrected chi connectivity index (χ3v) is 2.16. The van der Waals surface area contributed by atoms with Gasteiger partial charge in [0.05, 0.1) is 6.61 Å². The molecule has 0 aromatic rings. The van der Waals surface area contributed by atoms with E-state index in [-0.39, 0.29) is 18.3 Å². The van der Waals surface area contributed by atoms with E-state index < -0.39 is 18.3 Å². The van der Waals surface area contributed by atoms with E-state index in [1.54, 1.807) is 0 Å². The Hall–Kier alpha value is -2.25. The number of ether oxygens (including phenoxy) is 3. The van der Waals surface area contributed by atoms with Crippen molar-refractivity contribution in [2.75, 3.05) is 13.2 Å². The highest BCUT2D eigenvalue weighted by atomic mass is 16.8. The molecule has 1 rings (SSSR count). The second-order valence-corrected chi connectivity index (χ2v) is 4.00. The Bertz CT molecular complexity index is 350. The van der Waals surface area contributed by atoms with Crippen LogP contribution in [-0.2, 0) is 19.0 Å². The van der Waals surface area contributed by atoms with Crippen LogP contribution >= 0.6 is 0 Å². The minimum absolute atomic E-state index is 0.176. The highest BCUT2D eigenvalue weighted by molar-refractivity contribution is 5.84. The predicted molar refractivity (Wildman–Crippen MR) is 66.5 cm³/mol. The van der Waals surface area contributed by atoms with Crippen molar-refractivity contribution in [2.24, 2.45) is 0 Å². The van der Waals surface area contributed by atoms with Gasteiger partial charge in [0.15, 0.2) is 0 Å². The first-order valence-corrected chi connectivity index (χ1v) is 5.91. The SMILES string of the molecule is C=C(C)C(=O)O.O=C(O)OCCCCC1COC(=O)O1. The molecular weight excluding hydrogens is 272 g/mol. The van der Waals surface area contributed by atoms with Crippen LogP contribution in [0.2, 0.25) is 0 Å². The zero-order chi connectivity index (χ0) is 15.5. The monoisotopic (exact) mass is 290 g/mol. The fourth-order valence-electron chi connectivity index (χ4n) is 1.14. The molecule has 8 nitrogen and oxygen atoms in total. The Labute approximate surface area is 115 Å². The van der Waals surface area contributed by atoms with Gasteiger partial charge in [-0.2, -0.15) is 0 Å². The highest BCUT2D eigenvalue weighted by Crippen LogP contribution is 2.12. The molecule has 0 aromatic heterocycles. The first kappa shape index (κ1) is 17.8. The molecular formula is C12H18O8. The van der Waals surface area contributed by atoms with E-state index in [1.165, 1.54) is 6.92 Å². The molecule has 2 N–H and O–H groups in total. The number of aliphatic carboxylic acids is 1. The van der Waals surface area contributed by atoms with Crippen molar-refractivity contribution in [1.29, 1.82) is 0 Å². The topological polar surface area (TPSA) is 119 Å². The van der Waals surface area contributed by atoms with Crippen molar-refractivity contribution in [3.63, 3.8) is 0 Å². The van der Waals surface area contributed by atoms with Crippen LogP contribution in [0.5, 0.6) is 0 Å². The van der Waals surface area contributed by atoms with Crippen LogP contribution < -0.4 is 0 Å². The van der Waals surface area contributed by atoms with E-state index in [4.69, 9.17) is 14.9 Å². The van der Waals surface area contributed by atoms with Crippen molar-refractivity contribution in [3.8, 4) is 0 Å². The molecule has 0 saturated carbocycles. The summed E-state index contributed by atoms with van der Waals surface area (Å²) in [6.45, 7) is 5.07. The summed E-state index contributed by atoms with van der Waals surface area (Å²) >= 11 is 0. The smallest absolute Gasteiger partial charge is 0.478 e. The first-order chi connectivity index (χ1) is 9.32. The number of carbonyl (C=O) groups excluding carboxylic acids is 1. The van der Waals surface area contributed by atoms with Crippen molar-refractivity contribution >= 4 is 18.3 Å². The van der Waals surface area contributed by atoms with Gasteiger partial charge in [0.2, 0.25) is 0 Å². The molecule has 0 aromatic carbocycles. The second kappa shape index (κ2) is 9.65. The molecule has 0 spiro atoms. The van der Waals surface area contributed by atoms with Crippen LogP contribution in [0.3, 0.4) is 0 Å². The van der Waals surface area contributed by atoms with E-state index >= 15 is 0 Å². The fourth-order valence-corrected chi connectivity index (χ4v) is 1.14. The fraction of sp³-hybridized carbons (Fsp3) is 0.583. The van der Waals surface area contributed by atoms with Crippen LogP contribution in [-0.4, -0.2) is 47.8 Å². The second-order valence-electron chi connectivity index (χ2n) is 4.00. The number of hydrogen-bond donors (Lipinski definition) is 2. The van der Waals surface area contributed by atoms with E-state index in [1.807, 2.05) is 0 Å². The summed E-state index contributed by atoms with van der Waals surface area (Å²) in [5, 5.41) is 16.0. The summed E-state index contributed by atoms with van der Waals surface area (Å²) in [6.07, 6.45) is -0.0336. The zero-order valence-corrected chi connectivity index (χ0v) is 11.2. The van der Waals surface area contributed by atoms with Gasteiger partial charge in [-0.1, -0.05) is 6.58 Å². The molecule has 114 valence electrons. The summed E-state index contributed by atoms with van der Waals surface area (Å²) in [5.74, 6) is -0.935. The Morgan fingerprint density at radius 3 is 2.40 bits per heavy atom. The maximum absolute atomic E-state index is 10.5. The lowest BCUT2D eigenvalue weighted by atomic mass is 10.2. The number of hydrogen-bond acceptors (Lipinski definition) is 6. The van der Waals surface area contributed by atoms with Gasteiger partial charge < -0.3 is 24.4 Å². The third-order valence-electron chi connectivity index (χ3n) is 2.16. The van der Waals surface area contributed by atoms with Crippen LogP contribution in [0.25, 0.3) is 0 Å². The molecule has 8 heteroatoms. The predicted octanol–water partition coefficient (Wildman–Crippen LogP) is 2.03. The molecule has 1 fully saturated rings. The van der Waals surface area contributed by atoms with Crippen molar-refractivity contribution in [3.05, 3.63) is 12.2 Å². The van der Waals surface area contributed by atoms with Gasteiger partial charge in [-0.05, 0) is 26.2 Å². The molecule has 0 aliphatic carbocycles. The number of carbonyl (C=O) groups is 3. The molecule has 20 heavy (non-hydrogen) atoms. The normalized spacial score (nSPS) is 16.2. The van der Waals surface area contributed by atoms with E-state index in [9.17, 15) is 14.4 Å². The standard InChI is InChI=1S/C8H12O6.C4H6O2/c9-7(10)12-4-2-1-3-6-5-13-8(11)14-6;1-3(2)4(5)6/h6H,1-5H2,(H,9,10);1H2,2H3,(H,5,6). The van der Waals surface area contributed by atoms with Gasteiger partial charge in [0.25, 0.3) is 0 Å².